The molecule has 0 saturated heterocycles. The minimum Gasteiger partial charge on any atom is -0.494 e. The second kappa shape index (κ2) is 11.8. The number of imide groups is 1. The Bertz CT molecular complexity index is 906. The van der Waals surface area contributed by atoms with E-state index >= 15 is 0 Å². The summed E-state index contributed by atoms with van der Waals surface area (Å²) in [6.07, 6.45) is 6.69. The van der Waals surface area contributed by atoms with E-state index in [1.165, 1.54) is 35.9 Å². The van der Waals surface area contributed by atoms with E-state index in [0.29, 0.717) is 23.6 Å². The zero-order valence-electron chi connectivity index (χ0n) is 18.4. The van der Waals surface area contributed by atoms with Crippen molar-refractivity contribution in [3.63, 3.8) is 0 Å². The van der Waals surface area contributed by atoms with Gasteiger partial charge in [0.2, 0.25) is 0 Å². The van der Waals surface area contributed by atoms with Gasteiger partial charge >= 0.3 is 0 Å². The van der Waals surface area contributed by atoms with Crippen molar-refractivity contribution < 1.29 is 14.3 Å². The fourth-order valence-electron chi connectivity index (χ4n) is 3.65. The Labute approximate surface area is 189 Å². The van der Waals surface area contributed by atoms with Crippen LogP contribution in [0.3, 0.4) is 0 Å². The zero-order chi connectivity index (χ0) is 22.1. The molecule has 0 aliphatic carbocycles. The molecule has 0 unspecified atom stereocenters. The van der Waals surface area contributed by atoms with Crippen LogP contribution in [-0.4, -0.2) is 29.9 Å². The summed E-state index contributed by atoms with van der Waals surface area (Å²) < 4.78 is 5.52. The van der Waals surface area contributed by atoms with Crippen LogP contribution in [0.1, 0.15) is 57.9 Å². The maximum absolute atomic E-state index is 13.3. The van der Waals surface area contributed by atoms with Crippen molar-refractivity contribution >= 4 is 29.1 Å². The molecule has 0 atom stereocenters. The van der Waals surface area contributed by atoms with Crippen LogP contribution in [0.5, 0.6) is 5.75 Å². The molecule has 0 saturated carbocycles. The molecular weight excluding hydrogens is 406 g/mol. The highest BCUT2D eigenvalue weighted by Crippen LogP contribution is 2.40. The van der Waals surface area contributed by atoms with Crippen LogP contribution in [0.15, 0.2) is 64.4 Å². The molecule has 5 heteroatoms. The first kappa shape index (κ1) is 23.1. The van der Waals surface area contributed by atoms with Crippen molar-refractivity contribution in [2.45, 2.75) is 57.3 Å². The number of ether oxygens (including phenoxy) is 1. The fraction of sp³-hybridized carbons (Fsp3) is 0.385. The normalized spacial score (nSPS) is 13.9. The first-order chi connectivity index (χ1) is 15.2. The molecule has 0 radical (unpaired) electrons. The molecular formula is C26H31NO3S. The summed E-state index contributed by atoms with van der Waals surface area (Å²) in [7, 11) is 0. The van der Waals surface area contributed by atoms with E-state index in [2.05, 4.69) is 6.92 Å². The molecule has 2 aromatic carbocycles. The van der Waals surface area contributed by atoms with Gasteiger partial charge in [0, 0.05) is 11.4 Å². The third-order valence-electron chi connectivity index (χ3n) is 5.28. The first-order valence-electron chi connectivity index (χ1n) is 11.2. The van der Waals surface area contributed by atoms with Gasteiger partial charge in [-0.1, -0.05) is 81.1 Å². The summed E-state index contributed by atoms with van der Waals surface area (Å²) >= 11 is 1.37. The monoisotopic (exact) mass is 437 g/mol. The van der Waals surface area contributed by atoms with Crippen LogP contribution in [0.25, 0.3) is 5.57 Å². The third kappa shape index (κ3) is 6.01. The minimum absolute atomic E-state index is 0.184. The standard InChI is InChI=1S/C26H31NO3S/c1-3-5-6-7-8-12-19-27-25(28)23(20-15-17-21(18-16-20)30-4-2)24(26(27)29)31-22-13-10-9-11-14-22/h9-11,13-18H,3-8,12,19H2,1-2H3. The summed E-state index contributed by atoms with van der Waals surface area (Å²) in [6, 6.07) is 17.2. The van der Waals surface area contributed by atoms with Crippen LogP contribution in [0.4, 0.5) is 0 Å². The number of unbranched alkanes of at least 4 members (excludes halogenated alkanes) is 5. The van der Waals surface area contributed by atoms with Gasteiger partial charge in [-0.2, -0.15) is 0 Å². The molecule has 3 rings (SSSR count). The van der Waals surface area contributed by atoms with E-state index in [-0.39, 0.29) is 11.8 Å². The van der Waals surface area contributed by atoms with Gasteiger partial charge < -0.3 is 4.74 Å². The topological polar surface area (TPSA) is 46.6 Å². The number of rotatable bonds is 12. The van der Waals surface area contributed by atoms with Crippen LogP contribution in [-0.2, 0) is 9.59 Å². The maximum Gasteiger partial charge on any atom is 0.268 e. The number of thioether (sulfide) groups is 1. The SMILES string of the molecule is CCCCCCCCN1C(=O)C(Sc2ccccc2)=C(c2ccc(OCC)cc2)C1=O. The lowest BCUT2D eigenvalue weighted by Crippen LogP contribution is -2.32. The van der Waals surface area contributed by atoms with Gasteiger partial charge in [-0.15, -0.1) is 0 Å². The van der Waals surface area contributed by atoms with E-state index in [4.69, 9.17) is 4.74 Å². The molecule has 1 heterocycles. The molecule has 0 spiro atoms. The molecule has 164 valence electrons. The highest BCUT2D eigenvalue weighted by atomic mass is 32.2. The van der Waals surface area contributed by atoms with Crippen molar-refractivity contribution in [1.82, 2.24) is 4.90 Å². The number of hydrogen-bond acceptors (Lipinski definition) is 4. The summed E-state index contributed by atoms with van der Waals surface area (Å²) in [5, 5.41) is 0. The van der Waals surface area contributed by atoms with Gasteiger partial charge in [-0.25, -0.2) is 0 Å². The molecule has 0 N–H and O–H groups in total. The Hall–Kier alpha value is -2.53. The van der Waals surface area contributed by atoms with Crippen LogP contribution >= 0.6 is 11.8 Å². The number of carbonyl (C=O) groups is 2. The van der Waals surface area contributed by atoms with Crippen molar-refractivity contribution in [2.75, 3.05) is 13.2 Å². The predicted octanol–water partition coefficient (Wildman–Crippen LogP) is 6.32. The molecule has 1 aliphatic heterocycles. The highest BCUT2D eigenvalue weighted by molar-refractivity contribution is 8.04. The second-order valence-corrected chi connectivity index (χ2v) is 8.69. The van der Waals surface area contributed by atoms with Crippen LogP contribution in [0, 0.1) is 0 Å². The Morgan fingerprint density at radius 1 is 0.806 bits per heavy atom. The van der Waals surface area contributed by atoms with Gasteiger partial charge in [0.1, 0.15) is 5.75 Å². The van der Waals surface area contributed by atoms with Gasteiger partial charge in [-0.3, -0.25) is 14.5 Å². The van der Waals surface area contributed by atoms with Gasteiger partial charge in [0.15, 0.2) is 0 Å². The highest BCUT2D eigenvalue weighted by Gasteiger charge is 2.39. The maximum atomic E-state index is 13.3. The third-order valence-corrected chi connectivity index (χ3v) is 6.37. The van der Waals surface area contributed by atoms with E-state index in [0.717, 1.165) is 35.5 Å². The molecule has 0 aromatic heterocycles. The fourth-order valence-corrected chi connectivity index (χ4v) is 4.68. The lowest BCUT2D eigenvalue weighted by Gasteiger charge is -2.15. The Morgan fingerprint density at radius 3 is 2.16 bits per heavy atom. The summed E-state index contributed by atoms with van der Waals surface area (Å²) in [6.45, 7) is 5.19. The van der Waals surface area contributed by atoms with E-state index in [1.807, 2.05) is 61.5 Å². The average Bonchev–Trinajstić information content (AvgIpc) is 3.01. The largest absolute Gasteiger partial charge is 0.494 e. The van der Waals surface area contributed by atoms with Crippen LogP contribution in [0.2, 0.25) is 0 Å². The molecule has 31 heavy (non-hydrogen) atoms. The number of hydrogen-bond donors (Lipinski definition) is 0. The molecule has 0 bridgehead atoms. The van der Waals surface area contributed by atoms with Gasteiger partial charge in [0.05, 0.1) is 17.1 Å². The lowest BCUT2D eigenvalue weighted by molar-refractivity contribution is -0.136. The zero-order valence-corrected chi connectivity index (χ0v) is 19.2. The van der Waals surface area contributed by atoms with E-state index in [1.54, 1.807) is 0 Å². The Kier molecular flexibility index (Phi) is 8.77. The van der Waals surface area contributed by atoms with Gasteiger partial charge in [0.25, 0.3) is 11.8 Å². The smallest absolute Gasteiger partial charge is 0.268 e. The first-order valence-corrected chi connectivity index (χ1v) is 12.0. The lowest BCUT2D eigenvalue weighted by atomic mass is 10.1. The molecule has 2 amide bonds. The quantitative estimate of drug-likeness (QED) is 0.288. The van der Waals surface area contributed by atoms with E-state index in [9.17, 15) is 9.59 Å². The molecule has 1 aliphatic rings. The Morgan fingerprint density at radius 2 is 1.48 bits per heavy atom. The second-order valence-electron chi connectivity index (χ2n) is 7.61. The van der Waals surface area contributed by atoms with Gasteiger partial charge in [-0.05, 0) is 43.2 Å². The van der Waals surface area contributed by atoms with Crippen molar-refractivity contribution in [1.29, 1.82) is 0 Å². The summed E-state index contributed by atoms with van der Waals surface area (Å²) in [4.78, 5) is 29.4. The summed E-state index contributed by atoms with van der Waals surface area (Å²) in [5.74, 6) is 0.377. The number of amides is 2. The number of carbonyl (C=O) groups excluding carboxylic acids is 2. The minimum atomic E-state index is -0.193. The van der Waals surface area contributed by atoms with Crippen LogP contribution < -0.4 is 4.74 Å². The number of benzene rings is 2. The van der Waals surface area contributed by atoms with Crippen molar-refractivity contribution in [2.24, 2.45) is 0 Å². The molecule has 2 aromatic rings. The summed E-state index contributed by atoms with van der Waals surface area (Å²) in [5.41, 5.74) is 1.25. The van der Waals surface area contributed by atoms with E-state index < -0.39 is 0 Å². The molecule has 0 fully saturated rings. The Balaban J connectivity index is 1.81. The average molecular weight is 438 g/mol. The number of nitrogens with zero attached hydrogens (tertiary/aromatic N) is 1. The molecule has 4 nitrogen and oxygen atoms in total. The van der Waals surface area contributed by atoms with Crippen molar-refractivity contribution in [3.8, 4) is 5.75 Å². The predicted molar refractivity (Wildman–Crippen MR) is 127 cm³/mol. The van der Waals surface area contributed by atoms with Crippen molar-refractivity contribution in [3.05, 3.63) is 65.1 Å².